The normalized spacial score (nSPS) is 10.9. The van der Waals surface area contributed by atoms with E-state index < -0.39 is 0 Å². The summed E-state index contributed by atoms with van der Waals surface area (Å²) < 4.78 is 1.67. The quantitative estimate of drug-likeness (QED) is 0.744. The highest BCUT2D eigenvalue weighted by molar-refractivity contribution is 5.53. The molecule has 3 aromatic rings. The number of aromatic nitrogens is 3. The van der Waals surface area contributed by atoms with Gasteiger partial charge in [0.05, 0.1) is 6.20 Å². The van der Waals surface area contributed by atoms with Crippen LogP contribution in [0.2, 0.25) is 0 Å². The van der Waals surface area contributed by atoms with Gasteiger partial charge in [0.15, 0.2) is 5.65 Å². The number of anilines is 1. The smallest absolute Gasteiger partial charge is 0.160 e. The summed E-state index contributed by atoms with van der Waals surface area (Å²) in [6.07, 6.45) is 4.38. The maximum atomic E-state index is 5.85. The zero-order valence-corrected chi connectivity index (χ0v) is 10.2. The van der Waals surface area contributed by atoms with Crippen LogP contribution in [-0.4, -0.2) is 14.6 Å². The number of benzene rings is 1. The minimum absolute atomic E-state index is 0.607. The molecule has 3 rings (SSSR count). The highest BCUT2D eigenvalue weighted by Gasteiger charge is 2.08. The molecule has 2 heterocycles. The molecule has 0 aliphatic rings. The number of rotatable bonds is 2. The first-order chi connectivity index (χ1) is 8.75. The third-order valence-corrected chi connectivity index (χ3v) is 3.15. The predicted octanol–water partition coefficient (Wildman–Crippen LogP) is 2.21. The topological polar surface area (TPSA) is 56.2 Å². The van der Waals surface area contributed by atoms with Crippen LogP contribution >= 0.6 is 0 Å². The van der Waals surface area contributed by atoms with Gasteiger partial charge in [-0.2, -0.15) is 9.61 Å². The first kappa shape index (κ1) is 10.8. The van der Waals surface area contributed by atoms with E-state index in [4.69, 9.17) is 5.73 Å². The van der Waals surface area contributed by atoms with Gasteiger partial charge in [-0.15, -0.1) is 0 Å². The van der Waals surface area contributed by atoms with Gasteiger partial charge in [-0.3, -0.25) is 0 Å². The molecule has 2 N–H and O–H groups in total. The van der Waals surface area contributed by atoms with Crippen molar-refractivity contribution in [3.05, 3.63) is 59.4 Å². The zero-order valence-electron chi connectivity index (χ0n) is 10.2. The molecule has 1 aromatic carbocycles. The van der Waals surface area contributed by atoms with Crippen molar-refractivity contribution in [1.29, 1.82) is 0 Å². The lowest BCUT2D eigenvalue weighted by molar-refractivity contribution is 0.952. The van der Waals surface area contributed by atoms with E-state index in [2.05, 4.69) is 35.2 Å². The maximum absolute atomic E-state index is 5.85. The first-order valence-electron chi connectivity index (χ1n) is 5.87. The van der Waals surface area contributed by atoms with Crippen LogP contribution in [-0.2, 0) is 6.42 Å². The minimum Gasteiger partial charge on any atom is -0.384 e. The van der Waals surface area contributed by atoms with Gasteiger partial charge in [0.2, 0.25) is 0 Å². The Labute approximate surface area is 105 Å². The minimum atomic E-state index is 0.607. The summed E-state index contributed by atoms with van der Waals surface area (Å²) in [5.41, 5.74) is 10.3. The highest BCUT2D eigenvalue weighted by atomic mass is 15.3. The van der Waals surface area contributed by atoms with Gasteiger partial charge in [0, 0.05) is 18.2 Å². The Bertz CT molecular complexity index is 700. The number of aryl methyl sites for hydroxylation is 1. The molecule has 0 amide bonds. The van der Waals surface area contributed by atoms with Gasteiger partial charge < -0.3 is 5.73 Å². The standard InChI is InChI=1S/C14H14N4/c1-10-4-2-3-5-11(10)8-12-9-17-18-13(15)6-7-16-14(12)18/h2-7,9H,8,15H2,1H3. The molecule has 90 valence electrons. The van der Waals surface area contributed by atoms with Crippen molar-refractivity contribution >= 4 is 11.5 Å². The van der Waals surface area contributed by atoms with Crippen LogP contribution in [0.25, 0.3) is 5.65 Å². The van der Waals surface area contributed by atoms with Crippen molar-refractivity contribution in [1.82, 2.24) is 14.6 Å². The first-order valence-corrected chi connectivity index (χ1v) is 5.87. The number of nitrogens with two attached hydrogens (primary N) is 1. The molecule has 0 saturated carbocycles. The van der Waals surface area contributed by atoms with Crippen molar-refractivity contribution in [2.24, 2.45) is 0 Å². The van der Waals surface area contributed by atoms with Crippen LogP contribution in [0.5, 0.6) is 0 Å². The fraction of sp³-hybridized carbons (Fsp3) is 0.143. The number of nitrogens with zero attached hydrogens (tertiary/aromatic N) is 3. The van der Waals surface area contributed by atoms with Crippen molar-refractivity contribution in [2.45, 2.75) is 13.3 Å². The summed E-state index contributed by atoms with van der Waals surface area (Å²) in [6, 6.07) is 10.1. The third kappa shape index (κ3) is 1.72. The molecule has 4 nitrogen and oxygen atoms in total. The van der Waals surface area contributed by atoms with E-state index in [0.29, 0.717) is 5.82 Å². The molecule has 0 unspecified atom stereocenters. The Balaban J connectivity index is 2.06. The van der Waals surface area contributed by atoms with E-state index in [1.54, 1.807) is 16.8 Å². The number of nitrogen functional groups attached to an aromatic ring is 1. The molecule has 0 aliphatic carbocycles. The molecular weight excluding hydrogens is 224 g/mol. The zero-order chi connectivity index (χ0) is 12.5. The fourth-order valence-electron chi connectivity index (χ4n) is 2.10. The van der Waals surface area contributed by atoms with Crippen LogP contribution in [0.15, 0.2) is 42.7 Å². The number of hydrogen-bond acceptors (Lipinski definition) is 3. The van der Waals surface area contributed by atoms with Crippen LogP contribution in [0, 0.1) is 6.92 Å². The van der Waals surface area contributed by atoms with Gasteiger partial charge in [-0.25, -0.2) is 4.98 Å². The fourth-order valence-corrected chi connectivity index (χ4v) is 2.10. The molecular formula is C14H14N4. The average Bonchev–Trinajstić information content (AvgIpc) is 2.77. The summed E-state index contributed by atoms with van der Waals surface area (Å²) >= 11 is 0. The van der Waals surface area contributed by atoms with E-state index in [1.807, 2.05) is 12.3 Å². The van der Waals surface area contributed by atoms with Crippen molar-refractivity contribution in [3.8, 4) is 0 Å². The number of hydrogen-bond donors (Lipinski definition) is 1. The van der Waals surface area contributed by atoms with Crippen LogP contribution in [0.3, 0.4) is 0 Å². The second-order valence-corrected chi connectivity index (χ2v) is 4.38. The highest BCUT2D eigenvalue weighted by Crippen LogP contribution is 2.17. The molecule has 4 heteroatoms. The van der Waals surface area contributed by atoms with Gasteiger partial charge in [0.25, 0.3) is 0 Å². The van der Waals surface area contributed by atoms with E-state index in [-0.39, 0.29) is 0 Å². The SMILES string of the molecule is Cc1ccccc1Cc1cnn2c(N)ccnc12. The lowest BCUT2D eigenvalue weighted by atomic mass is 10.0. The number of fused-ring (bicyclic) bond motifs is 1. The second-order valence-electron chi connectivity index (χ2n) is 4.38. The van der Waals surface area contributed by atoms with Crippen LogP contribution in [0.1, 0.15) is 16.7 Å². The Morgan fingerprint density at radius 1 is 1.17 bits per heavy atom. The Morgan fingerprint density at radius 2 is 2.00 bits per heavy atom. The molecule has 0 bridgehead atoms. The van der Waals surface area contributed by atoms with Gasteiger partial charge >= 0.3 is 0 Å². The maximum Gasteiger partial charge on any atom is 0.160 e. The molecule has 0 atom stereocenters. The Kier molecular flexibility index (Phi) is 2.48. The Morgan fingerprint density at radius 3 is 2.83 bits per heavy atom. The summed E-state index contributed by atoms with van der Waals surface area (Å²) in [5, 5.41) is 4.27. The molecule has 0 radical (unpaired) electrons. The van der Waals surface area contributed by atoms with Gasteiger partial charge in [0.1, 0.15) is 5.82 Å². The van der Waals surface area contributed by atoms with Crippen LogP contribution < -0.4 is 5.73 Å². The lowest BCUT2D eigenvalue weighted by Crippen LogP contribution is -1.99. The van der Waals surface area contributed by atoms with Crippen molar-refractivity contribution in [3.63, 3.8) is 0 Å². The molecule has 18 heavy (non-hydrogen) atoms. The average molecular weight is 238 g/mol. The summed E-state index contributed by atoms with van der Waals surface area (Å²) in [7, 11) is 0. The second kappa shape index (κ2) is 4.14. The summed E-state index contributed by atoms with van der Waals surface area (Å²) in [4.78, 5) is 4.35. The molecule has 2 aromatic heterocycles. The third-order valence-electron chi connectivity index (χ3n) is 3.15. The largest absolute Gasteiger partial charge is 0.384 e. The van der Waals surface area contributed by atoms with E-state index >= 15 is 0 Å². The van der Waals surface area contributed by atoms with Crippen molar-refractivity contribution in [2.75, 3.05) is 5.73 Å². The molecule has 0 saturated heterocycles. The Hall–Kier alpha value is -2.36. The van der Waals surface area contributed by atoms with E-state index in [9.17, 15) is 0 Å². The summed E-state index contributed by atoms with van der Waals surface area (Å²) in [5.74, 6) is 0.607. The molecule has 0 aliphatic heterocycles. The van der Waals surface area contributed by atoms with Gasteiger partial charge in [-0.1, -0.05) is 24.3 Å². The van der Waals surface area contributed by atoms with Gasteiger partial charge in [-0.05, 0) is 24.1 Å². The molecule has 0 fully saturated rings. The predicted molar refractivity (Wildman–Crippen MR) is 71.4 cm³/mol. The lowest BCUT2D eigenvalue weighted by Gasteiger charge is -2.04. The monoisotopic (exact) mass is 238 g/mol. The van der Waals surface area contributed by atoms with E-state index in [1.165, 1.54) is 11.1 Å². The van der Waals surface area contributed by atoms with Crippen LogP contribution in [0.4, 0.5) is 5.82 Å². The summed E-state index contributed by atoms with van der Waals surface area (Å²) in [6.45, 7) is 2.11. The van der Waals surface area contributed by atoms with Crippen molar-refractivity contribution < 1.29 is 0 Å². The molecule has 0 spiro atoms. The van der Waals surface area contributed by atoms with E-state index in [0.717, 1.165) is 17.6 Å².